The lowest BCUT2D eigenvalue weighted by Gasteiger charge is -2.15. The quantitative estimate of drug-likeness (QED) is 0.177. The Hall–Kier alpha value is -5.68. The molecule has 0 aliphatic carbocycles. The Morgan fingerprint density at radius 1 is 0.354 bits per heavy atom. The zero-order valence-corrected chi connectivity index (χ0v) is 27.0. The van der Waals surface area contributed by atoms with E-state index in [2.05, 4.69) is 69.8 Å². The lowest BCUT2D eigenvalue weighted by atomic mass is 10.1. The maximum absolute atomic E-state index is 7.18. The van der Waals surface area contributed by atoms with E-state index in [1.165, 1.54) is 0 Å². The SMILES string of the molecule is Clc1c(Oc2ccccc2)cccc1-n1c2ccccc2c2cc3c4ccccc4n(-c4cccc(Oc5ccccc5)c4Cl)c3cc21. The number of hydrogen-bond acceptors (Lipinski definition) is 2. The van der Waals surface area contributed by atoms with Crippen molar-refractivity contribution < 1.29 is 9.47 Å². The van der Waals surface area contributed by atoms with Crippen LogP contribution in [0, 0.1) is 0 Å². The van der Waals surface area contributed by atoms with Gasteiger partial charge in [-0.2, -0.15) is 0 Å². The predicted molar refractivity (Wildman–Crippen MR) is 198 cm³/mol. The standard InChI is InChI=1S/C42H26Cl2N2O2/c43-41-35(21-11-23-39(41)47-27-13-3-1-4-14-27)45-33-19-9-7-17-29(33)31-25-32-30-18-8-10-20-34(30)46(38(32)26-37(31)45)36-22-12-24-40(42(36)44)48-28-15-5-2-6-16-28/h1-26H. The van der Waals surface area contributed by atoms with Gasteiger partial charge in [0.2, 0.25) is 0 Å². The first-order valence-electron chi connectivity index (χ1n) is 15.7. The van der Waals surface area contributed by atoms with Crippen LogP contribution in [0.15, 0.2) is 158 Å². The fourth-order valence-electron chi connectivity index (χ4n) is 6.68. The molecule has 48 heavy (non-hydrogen) atoms. The van der Waals surface area contributed by atoms with Crippen LogP contribution in [0.3, 0.4) is 0 Å². The molecule has 9 aromatic rings. The first-order valence-corrected chi connectivity index (χ1v) is 16.4. The number of nitrogens with zero attached hydrogens (tertiary/aromatic N) is 2. The molecule has 9 rings (SSSR count). The monoisotopic (exact) mass is 660 g/mol. The summed E-state index contributed by atoms with van der Waals surface area (Å²) in [6, 6.07) is 52.6. The number of para-hydroxylation sites is 4. The van der Waals surface area contributed by atoms with Crippen LogP contribution in [-0.2, 0) is 0 Å². The van der Waals surface area contributed by atoms with Crippen LogP contribution in [0.25, 0.3) is 55.0 Å². The zero-order valence-electron chi connectivity index (χ0n) is 25.5. The molecule has 0 radical (unpaired) electrons. The highest BCUT2D eigenvalue weighted by molar-refractivity contribution is 6.35. The summed E-state index contributed by atoms with van der Waals surface area (Å²) in [4.78, 5) is 0. The lowest BCUT2D eigenvalue weighted by molar-refractivity contribution is 0.482. The number of rotatable bonds is 6. The van der Waals surface area contributed by atoms with Gasteiger partial charge in [-0.15, -0.1) is 0 Å². The van der Waals surface area contributed by atoms with Gasteiger partial charge in [0.1, 0.15) is 33.0 Å². The molecule has 0 saturated carbocycles. The molecule has 230 valence electrons. The van der Waals surface area contributed by atoms with Crippen molar-refractivity contribution in [1.29, 1.82) is 0 Å². The maximum atomic E-state index is 7.18. The average Bonchev–Trinajstić information content (AvgIpc) is 3.62. The Morgan fingerprint density at radius 3 is 1.23 bits per heavy atom. The first kappa shape index (κ1) is 28.5. The molecule has 2 heterocycles. The van der Waals surface area contributed by atoms with Gasteiger partial charge in [0.15, 0.2) is 0 Å². The highest BCUT2D eigenvalue weighted by atomic mass is 35.5. The molecule has 0 saturated heterocycles. The van der Waals surface area contributed by atoms with Crippen LogP contribution in [0.5, 0.6) is 23.0 Å². The molecule has 0 aliphatic heterocycles. The van der Waals surface area contributed by atoms with Gasteiger partial charge >= 0.3 is 0 Å². The largest absolute Gasteiger partial charge is 0.456 e. The van der Waals surface area contributed by atoms with Crippen LogP contribution >= 0.6 is 23.2 Å². The molecule has 0 bridgehead atoms. The summed E-state index contributed by atoms with van der Waals surface area (Å²) < 4.78 is 17.0. The second-order valence-corrected chi connectivity index (χ2v) is 12.4. The van der Waals surface area contributed by atoms with Gasteiger partial charge in [0.05, 0.1) is 33.4 Å². The molecule has 6 heteroatoms. The van der Waals surface area contributed by atoms with E-state index in [1.54, 1.807) is 0 Å². The molecule has 0 aliphatic rings. The van der Waals surface area contributed by atoms with E-state index in [4.69, 9.17) is 32.7 Å². The summed E-state index contributed by atoms with van der Waals surface area (Å²) in [5.41, 5.74) is 5.78. The van der Waals surface area contributed by atoms with Crippen molar-refractivity contribution in [2.75, 3.05) is 0 Å². The fourth-order valence-corrected chi connectivity index (χ4v) is 7.18. The topological polar surface area (TPSA) is 28.3 Å². The van der Waals surface area contributed by atoms with E-state index in [1.807, 2.05) is 97.1 Å². The van der Waals surface area contributed by atoms with Gasteiger partial charge in [-0.1, -0.05) is 108 Å². The number of halogens is 2. The van der Waals surface area contributed by atoms with Crippen molar-refractivity contribution in [1.82, 2.24) is 9.13 Å². The van der Waals surface area contributed by atoms with Crippen molar-refractivity contribution in [2.45, 2.75) is 0 Å². The average molecular weight is 662 g/mol. The number of fused-ring (bicyclic) bond motifs is 6. The van der Waals surface area contributed by atoms with Crippen LogP contribution in [0.1, 0.15) is 0 Å². The molecule has 0 N–H and O–H groups in total. The molecule has 0 unspecified atom stereocenters. The predicted octanol–water partition coefficient (Wildman–Crippen LogP) is 12.8. The lowest BCUT2D eigenvalue weighted by Crippen LogP contribution is -1.98. The van der Waals surface area contributed by atoms with Gasteiger partial charge in [0, 0.05) is 21.5 Å². The smallest absolute Gasteiger partial charge is 0.148 e. The van der Waals surface area contributed by atoms with Crippen molar-refractivity contribution in [2.24, 2.45) is 0 Å². The molecular weight excluding hydrogens is 635 g/mol. The van der Waals surface area contributed by atoms with Gasteiger partial charge < -0.3 is 18.6 Å². The Bertz CT molecular complexity index is 2460. The highest BCUT2D eigenvalue weighted by Gasteiger charge is 2.22. The summed E-state index contributed by atoms with van der Waals surface area (Å²) in [5, 5.41) is 5.57. The second kappa shape index (κ2) is 11.5. The summed E-state index contributed by atoms with van der Waals surface area (Å²) in [6.07, 6.45) is 0. The molecule has 2 aromatic heterocycles. The Balaban J connectivity index is 1.31. The fraction of sp³-hybridized carbons (Fsp3) is 0. The van der Waals surface area contributed by atoms with Crippen molar-refractivity contribution >= 4 is 66.8 Å². The zero-order chi connectivity index (χ0) is 32.2. The molecule has 7 aromatic carbocycles. The Kier molecular flexibility index (Phi) is 6.86. The molecule has 0 fully saturated rings. The van der Waals surface area contributed by atoms with E-state index in [-0.39, 0.29) is 0 Å². The number of aromatic nitrogens is 2. The van der Waals surface area contributed by atoms with E-state index < -0.39 is 0 Å². The maximum Gasteiger partial charge on any atom is 0.148 e. The molecule has 0 atom stereocenters. The number of ether oxygens (including phenoxy) is 2. The minimum atomic E-state index is 0.526. The van der Waals surface area contributed by atoms with Crippen LogP contribution in [0.2, 0.25) is 10.0 Å². The molecule has 0 amide bonds. The number of hydrogen-bond donors (Lipinski definition) is 0. The van der Waals surface area contributed by atoms with Gasteiger partial charge in [-0.3, -0.25) is 0 Å². The van der Waals surface area contributed by atoms with Crippen LogP contribution in [0.4, 0.5) is 0 Å². The summed E-state index contributed by atoms with van der Waals surface area (Å²) in [7, 11) is 0. The van der Waals surface area contributed by atoms with E-state index in [0.29, 0.717) is 21.5 Å². The third-order valence-electron chi connectivity index (χ3n) is 8.78. The van der Waals surface area contributed by atoms with Gasteiger partial charge in [-0.05, 0) is 72.8 Å². The van der Waals surface area contributed by atoms with E-state index >= 15 is 0 Å². The Morgan fingerprint density at radius 2 is 0.771 bits per heavy atom. The van der Waals surface area contributed by atoms with E-state index in [9.17, 15) is 0 Å². The summed E-state index contributed by atoms with van der Waals surface area (Å²) in [5.74, 6) is 2.62. The first-order chi connectivity index (χ1) is 23.7. The van der Waals surface area contributed by atoms with Crippen molar-refractivity contribution in [3.63, 3.8) is 0 Å². The normalized spacial score (nSPS) is 11.5. The number of benzene rings is 7. The molecule has 0 spiro atoms. The van der Waals surface area contributed by atoms with Crippen molar-refractivity contribution in [3.05, 3.63) is 168 Å². The minimum Gasteiger partial charge on any atom is -0.456 e. The van der Waals surface area contributed by atoms with Crippen molar-refractivity contribution in [3.8, 4) is 34.4 Å². The van der Waals surface area contributed by atoms with Gasteiger partial charge in [0.25, 0.3) is 0 Å². The summed E-state index contributed by atoms with van der Waals surface area (Å²) >= 11 is 14.4. The minimum absolute atomic E-state index is 0.526. The second-order valence-electron chi connectivity index (χ2n) is 11.6. The van der Waals surface area contributed by atoms with Crippen LogP contribution < -0.4 is 9.47 Å². The molecule has 4 nitrogen and oxygen atoms in total. The third kappa shape index (κ3) is 4.61. The van der Waals surface area contributed by atoms with Gasteiger partial charge in [-0.25, -0.2) is 0 Å². The third-order valence-corrected chi connectivity index (χ3v) is 9.54. The highest BCUT2D eigenvalue weighted by Crippen LogP contribution is 2.44. The summed E-state index contributed by atoms with van der Waals surface area (Å²) in [6.45, 7) is 0. The van der Waals surface area contributed by atoms with Crippen LogP contribution in [-0.4, -0.2) is 9.13 Å². The molecular formula is C42H26Cl2N2O2. The Labute approximate surface area is 286 Å². The van der Waals surface area contributed by atoms with E-state index in [0.717, 1.165) is 66.5 Å².